The monoisotopic (exact) mass is 143 g/mol. The molecule has 0 atom stereocenters. The summed E-state index contributed by atoms with van der Waals surface area (Å²) in [6.45, 7) is 0. The molecule has 10 heavy (non-hydrogen) atoms. The van der Waals surface area contributed by atoms with Crippen LogP contribution in [-0.4, -0.2) is 16.0 Å². The molecule has 1 aromatic rings. The molecule has 1 rings (SSSR count). The number of rotatable bonds is 1. The molecule has 0 fully saturated rings. The first-order valence-corrected chi connectivity index (χ1v) is 2.35. The molecular weight excluding hydrogens is 134 g/mol. The van der Waals surface area contributed by atoms with Crippen LogP contribution >= 0.6 is 0 Å². The highest BCUT2D eigenvalue weighted by atomic mass is 16.2. The van der Waals surface area contributed by atoms with Gasteiger partial charge in [-0.1, -0.05) is 0 Å². The molecule has 2 amide bonds. The van der Waals surface area contributed by atoms with Crippen LogP contribution in [0.4, 0.5) is 10.7 Å². The second-order valence-electron chi connectivity index (χ2n) is 1.43. The van der Waals surface area contributed by atoms with Crippen LogP contribution in [0.15, 0.2) is 12.4 Å². The number of primary amides is 1. The number of aromatic nitrogens is 2. The normalized spacial score (nSPS) is 8.00. The highest BCUT2D eigenvalue weighted by molar-refractivity contribution is 5.85. The number of urea groups is 1. The molecule has 0 saturated heterocycles. The highest BCUT2D eigenvalue weighted by Crippen LogP contribution is 1.91. The third-order valence-electron chi connectivity index (χ3n) is 0.740. The number of imidazole rings is 1. The summed E-state index contributed by atoms with van der Waals surface area (Å²) in [5.74, 6) is 0.363. The van der Waals surface area contributed by atoms with Crippen molar-refractivity contribution in [1.82, 2.24) is 16.1 Å². The lowest BCUT2D eigenvalue weighted by Gasteiger charge is -1.91. The summed E-state index contributed by atoms with van der Waals surface area (Å²) < 4.78 is 0. The first kappa shape index (κ1) is 8.44. The molecule has 0 radical (unpaired) electrons. The fourth-order valence-corrected chi connectivity index (χ4v) is 0.450. The third-order valence-corrected chi connectivity index (χ3v) is 0.740. The molecule has 0 aromatic carbocycles. The fourth-order valence-electron chi connectivity index (χ4n) is 0.450. The van der Waals surface area contributed by atoms with E-state index in [4.69, 9.17) is 5.73 Å². The Bertz CT molecular complexity index is 193. The Morgan fingerprint density at radius 3 is 2.90 bits per heavy atom. The minimum Gasteiger partial charge on any atom is -0.351 e. The highest BCUT2D eigenvalue weighted by Gasteiger charge is 1.93. The van der Waals surface area contributed by atoms with E-state index in [1.807, 2.05) is 0 Å². The molecule has 0 unspecified atom stereocenters. The van der Waals surface area contributed by atoms with Gasteiger partial charge in [0.25, 0.3) is 0 Å². The topological polar surface area (TPSA) is 119 Å². The average Bonchev–Trinajstić information content (AvgIpc) is 2.15. The Kier molecular flexibility index (Phi) is 2.92. The van der Waals surface area contributed by atoms with Crippen molar-refractivity contribution in [2.24, 2.45) is 5.73 Å². The maximum absolute atomic E-state index is 10.1. The van der Waals surface area contributed by atoms with E-state index in [-0.39, 0.29) is 6.15 Å². The second kappa shape index (κ2) is 3.46. The summed E-state index contributed by atoms with van der Waals surface area (Å²) in [5.41, 5.74) is 4.77. The number of hydrogen-bond acceptors (Lipinski definition) is 3. The average molecular weight is 143 g/mol. The van der Waals surface area contributed by atoms with E-state index in [1.165, 1.54) is 6.20 Å². The third kappa shape index (κ3) is 2.14. The van der Waals surface area contributed by atoms with Crippen LogP contribution in [0.25, 0.3) is 0 Å². The quantitative estimate of drug-likeness (QED) is 0.445. The van der Waals surface area contributed by atoms with Crippen molar-refractivity contribution in [2.45, 2.75) is 0 Å². The van der Waals surface area contributed by atoms with Gasteiger partial charge in [0.2, 0.25) is 5.95 Å². The summed E-state index contributed by atoms with van der Waals surface area (Å²) in [6, 6.07) is -0.620. The summed E-state index contributed by atoms with van der Waals surface area (Å²) in [4.78, 5) is 16.5. The van der Waals surface area contributed by atoms with Crippen molar-refractivity contribution in [3.05, 3.63) is 12.4 Å². The van der Waals surface area contributed by atoms with Crippen molar-refractivity contribution in [1.29, 1.82) is 0 Å². The summed E-state index contributed by atoms with van der Waals surface area (Å²) >= 11 is 0. The van der Waals surface area contributed by atoms with Gasteiger partial charge in [-0.2, -0.15) is 0 Å². The lowest BCUT2D eigenvalue weighted by Crippen LogP contribution is -2.19. The van der Waals surface area contributed by atoms with Gasteiger partial charge in [0.05, 0.1) is 0 Å². The van der Waals surface area contributed by atoms with E-state index in [0.29, 0.717) is 5.95 Å². The van der Waals surface area contributed by atoms with Crippen molar-refractivity contribution in [3.63, 3.8) is 0 Å². The zero-order chi connectivity index (χ0) is 6.69. The molecule has 56 valence electrons. The summed E-state index contributed by atoms with van der Waals surface area (Å²) in [5, 5.41) is 2.26. The minimum atomic E-state index is -0.620. The number of aromatic amines is 1. The van der Waals surface area contributed by atoms with Gasteiger partial charge in [0, 0.05) is 12.4 Å². The van der Waals surface area contributed by atoms with Gasteiger partial charge in [-0.15, -0.1) is 0 Å². The number of anilines is 1. The predicted molar refractivity (Wildman–Crippen MR) is 36.8 cm³/mol. The Labute approximate surface area is 57.4 Å². The van der Waals surface area contributed by atoms with Crippen LogP contribution in [0.3, 0.4) is 0 Å². The zero-order valence-electron chi connectivity index (χ0n) is 5.29. The lowest BCUT2D eigenvalue weighted by atomic mass is 10.9. The predicted octanol–water partition coefficient (Wildman–Crippen LogP) is 0.0623. The van der Waals surface area contributed by atoms with E-state index in [1.54, 1.807) is 6.20 Å². The van der Waals surface area contributed by atoms with Crippen LogP contribution in [0.1, 0.15) is 0 Å². The molecule has 0 aliphatic carbocycles. The zero-order valence-corrected chi connectivity index (χ0v) is 5.29. The molecule has 0 bridgehead atoms. The number of nitrogens with two attached hydrogens (primary N) is 1. The largest absolute Gasteiger partial charge is 0.351 e. The van der Waals surface area contributed by atoms with Crippen LogP contribution in [0, 0.1) is 0 Å². The van der Waals surface area contributed by atoms with Gasteiger partial charge in [0.1, 0.15) is 0 Å². The van der Waals surface area contributed by atoms with Gasteiger partial charge >= 0.3 is 6.03 Å². The molecule has 0 aliphatic rings. The van der Waals surface area contributed by atoms with Crippen molar-refractivity contribution in [3.8, 4) is 0 Å². The van der Waals surface area contributed by atoms with Gasteiger partial charge in [0.15, 0.2) is 0 Å². The Balaban J connectivity index is 0.000000810. The molecular formula is C4H9N5O. The van der Waals surface area contributed by atoms with Crippen molar-refractivity contribution in [2.75, 3.05) is 5.32 Å². The number of nitrogens with one attached hydrogen (secondary N) is 2. The van der Waals surface area contributed by atoms with Gasteiger partial charge in [-0.3, -0.25) is 5.32 Å². The number of H-pyrrole nitrogens is 1. The smallest absolute Gasteiger partial charge is 0.318 e. The van der Waals surface area contributed by atoms with Crippen LogP contribution in [-0.2, 0) is 0 Å². The molecule has 0 spiro atoms. The lowest BCUT2D eigenvalue weighted by molar-refractivity contribution is 0.259. The molecule has 0 aliphatic heterocycles. The van der Waals surface area contributed by atoms with Crippen molar-refractivity contribution >= 4 is 12.0 Å². The SMILES string of the molecule is N.NC(=O)Nc1ncc[nH]1. The second-order valence-corrected chi connectivity index (χ2v) is 1.43. The van der Waals surface area contributed by atoms with Gasteiger partial charge in [-0.25, -0.2) is 9.78 Å². The molecule has 6 heteroatoms. The summed E-state index contributed by atoms with van der Waals surface area (Å²) in [6.07, 6.45) is 3.11. The van der Waals surface area contributed by atoms with E-state index in [9.17, 15) is 4.79 Å². The number of amides is 2. The maximum atomic E-state index is 10.1. The molecule has 1 aromatic heterocycles. The maximum Gasteiger partial charge on any atom is 0.318 e. The van der Waals surface area contributed by atoms with Gasteiger partial charge < -0.3 is 16.9 Å². The fraction of sp³-hybridized carbons (Fsp3) is 0. The van der Waals surface area contributed by atoms with Crippen molar-refractivity contribution < 1.29 is 4.79 Å². The number of nitrogens with zero attached hydrogens (tertiary/aromatic N) is 1. The number of carbonyl (C=O) groups excluding carboxylic acids is 1. The minimum absolute atomic E-state index is 0. The first-order valence-electron chi connectivity index (χ1n) is 2.35. The number of carbonyl (C=O) groups is 1. The Morgan fingerprint density at radius 1 is 1.80 bits per heavy atom. The Hall–Kier alpha value is -1.56. The van der Waals surface area contributed by atoms with Crippen LogP contribution < -0.4 is 17.2 Å². The summed E-state index contributed by atoms with van der Waals surface area (Å²) in [7, 11) is 0. The standard InChI is InChI=1S/C4H6N4O.H3N/c5-3(9)8-4-6-1-2-7-4;/h1-2H,(H4,5,6,7,8,9);1H3. The van der Waals surface area contributed by atoms with Crippen LogP contribution in [0.5, 0.6) is 0 Å². The molecule has 1 heterocycles. The molecule has 0 saturated carbocycles. The van der Waals surface area contributed by atoms with Gasteiger partial charge in [-0.05, 0) is 0 Å². The Morgan fingerprint density at radius 2 is 2.50 bits per heavy atom. The van der Waals surface area contributed by atoms with E-state index in [0.717, 1.165) is 0 Å². The molecule has 7 N–H and O–H groups in total. The first-order chi connectivity index (χ1) is 4.29. The van der Waals surface area contributed by atoms with E-state index < -0.39 is 6.03 Å². The van der Waals surface area contributed by atoms with E-state index >= 15 is 0 Å². The number of hydrogen-bond donors (Lipinski definition) is 4. The van der Waals surface area contributed by atoms with Crippen LogP contribution in [0.2, 0.25) is 0 Å². The van der Waals surface area contributed by atoms with E-state index in [2.05, 4.69) is 15.3 Å². The molecule has 6 nitrogen and oxygen atoms in total.